The number of nitrogens with zero attached hydrogens (tertiary/aromatic N) is 1. The van der Waals surface area contributed by atoms with Gasteiger partial charge < -0.3 is 19.5 Å². The molecule has 0 saturated heterocycles. The van der Waals surface area contributed by atoms with Crippen molar-refractivity contribution in [1.82, 2.24) is 5.32 Å². The number of ether oxygens (including phenoxy) is 3. The lowest BCUT2D eigenvalue weighted by Gasteiger charge is -2.23. The molecular weight excluding hydrogens is 312 g/mol. The lowest BCUT2D eigenvalue weighted by molar-refractivity contribution is -0.143. The second-order valence-corrected chi connectivity index (χ2v) is 6.06. The van der Waals surface area contributed by atoms with E-state index in [1.165, 1.54) is 14.2 Å². The molecule has 0 aliphatic rings. The number of rotatable bonds is 5. The van der Waals surface area contributed by atoms with Crippen molar-refractivity contribution in [1.29, 1.82) is 5.26 Å². The first-order chi connectivity index (χ1) is 11.2. The standard InChI is InChI=1S/C17H22N2O5/c1-17(2,3)24-16(21)19-13(15(20)23-5)9-12-7-6-11(10-18)8-14(12)22-4/h6-8,13H,9H2,1-5H3,(H,19,21). The third-order valence-corrected chi connectivity index (χ3v) is 3.02. The van der Waals surface area contributed by atoms with Crippen molar-refractivity contribution in [2.24, 2.45) is 0 Å². The first-order valence-corrected chi connectivity index (χ1v) is 7.34. The topological polar surface area (TPSA) is 97.7 Å². The van der Waals surface area contributed by atoms with Gasteiger partial charge in [0.1, 0.15) is 17.4 Å². The van der Waals surface area contributed by atoms with E-state index in [2.05, 4.69) is 5.32 Å². The van der Waals surface area contributed by atoms with E-state index in [9.17, 15) is 9.59 Å². The van der Waals surface area contributed by atoms with Crippen LogP contribution in [0, 0.1) is 11.3 Å². The summed E-state index contributed by atoms with van der Waals surface area (Å²) in [5, 5.41) is 11.4. The van der Waals surface area contributed by atoms with Crippen LogP contribution < -0.4 is 10.1 Å². The summed E-state index contributed by atoms with van der Waals surface area (Å²) in [7, 11) is 2.70. The normalized spacial score (nSPS) is 11.8. The average Bonchev–Trinajstić information content (AvgIpc) is 2.51. The Morgan fingerprint density at radius 3 is 2.46 bits per heavy atom. The molecule has 1 aromatic rings. The highest BCUT2D eigenvalue weighted by atomic mass is 16.6. The number of nitriles is 1. The number of methoxy groups -OCH3 is 2. The lowest BCUT2D eigenvalue weighted by atomic mass is 10.0. The Kier molecular flexibility index (Phi) is 6.59. The zero-order valence-electron chi connectivity index (χ0n) is 14.5. The maximum absolute atomic E-state index is 12.0. The van der Waals surface area contributed by atoms with Gasteiger partial charge in [-0.15, -0.1) is 0 Å². The molecule has 1 unspecified atom stereocenters. The van der Waals surface area contributed by atoms with Gasteiger partial charge in [-0.1, -0.05) is 6.07 Å². The molecule has 0 aromatic heterocycles. The van der Waals surface area contributed by atoms with Crippen LogP contribution in [0.4, 0.5) is 4.79 Å². The van der Waals surface area contributed by atoms with E-state index in [4.69, 9.17) is 19.5 Å². The Balaban J connectivity index is 2.97. The molecule has 0 saturated carbocycles. The van der Waals surface area contributed by atoms with E-state index < -0.39 is 23.7 Å². The Morgan fingerprint density at radius 2 is 1.96 bits per heavy atom. The minimum absolute atomic E-state index is 0.140. The lowest BCUT2D eigenvalue weighted by Crippen LogP contribution is -2.45. The molecular formula is C17H22N2O5. The largest absolute Gasteiger partial charge is 0.496 e. The molecule has 0 fully saturated rings. The third-order valence-electron chi connectivity index (χ3n) is 3.02. The summed E-state index contributed by atoms with van der Waals surface area (Å²) in [6, 6.07) is 5.92. The van der Waals surface area contributed by atoms with E-state index in [1.54, 1.807) is 39.0 Å². The predicted molar refractivity (Wildman–Crippen MR) is 86.6 cm³/mol. The number of hydrogen-bond acceptors (Lipinski definition) is 6. The second kappa shape index (κ2) is 8.20. The van der Waals surface area contributed by atoms with Gasteiger partial charge in [-0.05, 0) is 38.5 Å². The van der Waals surface area contributed by atoms with E-state index >= 15 is 0 Å². The number of carbonyl (C=O) groups excluding carboxylic acids is 2. The molecule has 130 valence electrons. The van der Waals surface area contributed by atoms with Crippen molar-refractivity contribution in [2.75, 3.05) is 14.2 Å². The van der Waals surface area contributed by atoms with Gasteiger partial charge in [0.2, 0.25) is 0 Å². The van der Waals surface area contributed by atoms with E-state index in [0.29, 0.717) is 16.9 Å². The highest BCUT2D eigenvalue weighted by Crippen LogP contribution is 2.22. The van der Waals surface area contributed by atoms with Gasteiger partial charge >= 0.3 is 12.1 Å². The summed E-state index contributed by atoms with van der Waals surface area (Å²) in [5.74, 6) is -0.152. The Morgan fingerprint density at radius 1 is 1.29 bits per heavy atom. The Hall–Kier alpha value is -2.75. The third kappa shape index (κ3) is 5.80. The van der Waals surface area contributed by atoms with Gasteiger partial charge in [-0.2, -0.15) is 5.26 Å². The van der Waals surface area contributed by atoms with Crippen LogP contribution in [-0.4, -0.2) is 37.9 Å². The van der Waals surface area contributed by atoms with Gasteiger partial charge in [-0.3, -0.25) is 0 Å². The molecule has 0 radical (unpaired) electrons. The van der Waals surface area contributed by atoms with Crippen molar-refractivity contribution >= 4 is 12.1 Å². The minimum Gasteiger partial charge on any atom is -0.496 e. The maximum Gasteiger partial charge on any atom is 0.408 e. The Labute approximate surface area is 141 Å². The van der Waals surface area contributed by atoms with Crippen molar-refractivity contribution < 1.29 is 23.8 Å². The minimum atomic E-state index is -0.938. The fourth-order valence-electron chi connectivity index (χ4n) is 1.99. The van der Waals surface area contributed by atoms with Gasteiger partial charge in [0.25, 0.3) is 0 Å². The quantitative estimate of drug-likeness (QED) is 0.829. The van der Waals surface area contributed by atoms with Crippen molar-refractivity contribution in [2.45, 2.75) is 38.8 Å². The average molecular weight is 334 g/mol. The molecule has 0 aliphatic carbocycles. The van der Waals surface area contributed by atoms with Crippen LogP contribution >= 0.6 is 0 Å². The van der Waals surface area contributed by atoms with E-state index in [-0.39, 0.29) is 6.42 Å². The van der Waals surface area contributed by atoms with Crippen LogP contribution in [0.2, 0.25) is 0 Å². The van der Waals surface area contributed by atoms with E-state index in [1.807, 2.05) is 6.07 Å². The first kappa shape index (κ1) is 19.3. The highest BCUT2D eigenvalue weighted by molar-refractivity contribution is 5.81. The molecule has 0 aliphatic heterocycles. The molecule has 7 heteroatoms. The monoisotopic (exact) mass is 334 g/mol. The van der Waals surface area contributed by atoms with Crippen LogP contribution in [0.5, 0.6) is 5.75 Å². The summed E-state index contributed by atoms with van der Waals surface area (Å²) in [6.45, 7) is 5.18. The number of nitrogens with one attached hydrogen (secondary N) is 1. The number of esters is 1. The summed E-state index contributed by atoms with van der Waals surface area (Å²) in [6.07, 6.45) is -0.577. The highest BCUT2D eigenvalue weighted by Gasteiger charge is 2.26. The fraction of sp³-hybridized carbons (Fsp3) is 0.471. The molecule has 24 heavy (non-hydrogen) atoms. The van der Waals surface area contributed by atoms with Crippen LogP contribution in [0.15, 0.2) is 18.2 Å². The smallest absolute Gasteiger partial charge is 0.408 e. The number of hydrogen-bond donors (Lipinski definition) is 1. The summed E-state index contributed by atoms with van der Waals surface area (Å²) in [5.41, 5.74) is 0.407. The van der Waals surface area contributed by atoms with Crippen molar-refractivity contribution in [3.05, 3.63) is 29.3 Å². The van der Waals surface area contributed by atoms with Gasteiger partial charge in [0.15, 0.2) is 0 Å². The number of amides is 1. The van der Waals surface area contributed by atoms with Crippen molar-refractivity contribution in [3.63, 3.8) is 0 Å². The maximum atomic E-state index is 12.0. The van der Waals surface area contributed by atoms with Crippen molar-refractivity contribution in [3.8, 4) is 11.8 Å². The Bertz CT molecular complexity index is 643. The summed E-state index contributed by atoms with van der Waals surface area (Å²) >= 11 is 0. The zero-order valence-corrected chi connectivity index (χ0v) is 14.5. The van der Waals surface area contributed by atoms with E-state index in [0.717, 1.165) is 0 Å². The molecule has 1 aromatic carbocycles. The molecule has 0 heterocycles. The molecule has 7 nitrogen and oxygen atoms in total. The summed E-state index contributed by atoms with van der Waals surface area (Å²) < 4.78 is 15.1. The SMILES string of the molecule is COC(=O)C(Cc1ccc(C#N)cc1OC)NC(=O)OC(C)(C)C. The predicted octanol–water partition coefficient (Wildman–Crippen LogP) is 2.18. The first-order valence-electron chi connectivity index (χ1n) is 7.34. The van der Waals surface area contributed by atoms with Gasteiger partial charge in [0, 0.05) is 6.42 Å². The molecule has 1 N–H and O–H groups in total. The molecule has 0 spiro atoms. The summed E-state index contributed by atoms with van der Waals surface area (Å²) in [4.78, 5) is 23.9. The molecule has 1 amide bonds. The number of carbonyl (C=O) groups is 2. The van der Waals surface area contributed by atoms with Gasteiger partial charge in [-0.25, -0.2) is 9.59 Å². The van der Waals surface area contributed by atoms with Crippen LogP contribution in [0.1, 0.15) is 31.9 Å². The molecule has 1 rings (SSSR count). The molecule has 1 atom stereocenters. The van der Waals surface area contributed by atoms with Crippen LogP contribution in [-0.2, 0) is 20.7 Å². The number of alkyl carbamates (subject to hydrolysis) is 1. The van der Waals surface area contributed by atoms with Crippen LogP contribution in [0.3, 0.4) is 0 Å². The van der Waals surface area contributed by atoms with Gasteiger partial charge in [0.05, 0.1) is 25.9 Å². The van der Waals surface area contributed by atoms with Crippen LogP contribution in [0.25, 0.3) is 0 Å². The second-order valence-electron chi connectivity index (χ2n) is 6.06. The number of benzene rings is 1. The fourth-order valence-corrected chi connectivity index (χ4v) is 1.99. The zero-order chi connectivity index (χ0) is 18.3. The molecule has 0 bridgehead atoms.